The van der Waals surface area contributed by atoms with Gasteiger partial charge in [-0.2, -0.15) is 0 Å². The second-order valence-electron chi connectivity index (χ2n) is 5.90. The number of azide groups is 1. The summed E-state index contributed by atoms with van der Waals surface area (Å²) >= 11 is 0. The molecule has 0 saturated carbocycles. The molecule has 21 heavy (non-hydrogen) atoms. The minimum absolute atomic E-state index is 0.0182. The van der Waals surface area contributed by atoms with E-state index in [1.807, 2.05) is 27.7 Å². The first-order chi connectivity index (χ1) is 9.66. The highest BCUT2D eigenvalue weighted by Gasteiger charge is 2.51. The topological polar surface area (TPSA) is 105 Å². The molecule has 1 aromatic carbocycles. The Kier molecular flexibility index (Phi) is 3.71. The molecule has 0 atom stereocenters. The van der Waals surface area contributed by atoms with Crippen LogP contribution in [0.1, 0.15) is 38.1 Å². The lowest BCUT2D eigenvalue weighted by molar-refractivity contribution is 0.00578. The maximum atomic E-state index is 11.2. The molecule has 0 aliphatic carbocycles. The average molecular weight is 289 g/mol. The molecule has 0 amide bonds. The molecular formula is C13H16BN3O4. The zero-order valence-corrected chi connectivity index (χ0v) is 12.3. The van der Waals surface area contributed by atoms with Crippen LogP contribution in [-0.2, 0) is 9.31 Å². The van der Waals surface area contributed by atoms with Gasteiger partial charge in [-0.05, 0) is 50.8 Å². The first-order valence-corrected chi connectivity index (χ1v) is 6.45. The van der Waals surface area contributed by atoms with Crippen molar-refractivity contribution in [3.63, 3.8) is 0 Å². The molecule has 1 aliphatic rings. The Bertz CT molecular complexity index is 602. The van der Waals surface area contributed by atoms with Gasteiger partial charge in [0.1, 0.15) is 0 Å². The average Bonchev–Trinajstić information content (AvgIpc) is 2.58. The van der Waals surface area contributed by atoms with Crippen LogP contribution < -0.4 is 5.46 Å². The van der Waals surface area contributed by atoms with E-state index < -0.39 is 24.3 Å². The highest BCUT2D eigenvalue weighted by atomic mass is 16.7. The number of rotatable bonds is 3. The van der Waals surface area contributed by atoms with Crippen LogP contribution in [0, 0.1) is 0 Å². The van der Waals surface area contributed by atoms with Gasteiger partial charge in [-0.25, -0.2) is 4.79 Å². The lowest BCUT2D eigenvalue weighted by Crippen LogP contribution is -2.41. The van der Waals surface area contributed by atoms with Gasteiger partial charge in [0.05, 0.1) is 16.8 Å². The van der Waals surface area contributed by atoms with E-state index in [1.54, 1.807) is 6.07 Å². The fraction of sp³-hybridized carbons (Fsp3) is 0.462. The standard InChI is InChI=1S/C13H16BN3O4/c1-12(2)13(3,4)21-14(20-12)9-5-8(11(18)19)6-10(7-9)16-17-15/h5-7H,1-4H3,(H,18,19). The smallest absolute Gasteiger partial charge is 0.478 e. The van der Waals surface area contributed by atoms with E-state index >= 15 is 0 Å². The lowest BCUT2D eigenvalue weighted by Gasteiger charge is -2.32. The van der Waals surface area contributed by atoms with Crippen LogP contribution in [0.4, 0.5) is 5.69 Å². The Hall–Kier alpha value is -2.02. The normalized spacial score (nSPS) is 19.1. The van der Waals surface area contributed by atoms with Crippen molar-refractivity contribution in [1.29, 1.82) is 0 Å². The van der Waals surface area contributed by atoms with Gasteiger partial charge >= 0.3 is 13.1 Å². The van der Waals surface area contributed by atoms with E-state index in [-0.39, 0.29) is 11.3 Å². The third-order valence-electron chi connectivity index (χ3n) is 3.87. The predicted octanol–water partition coefficient (Wildman–Crippen LogP) is 2.63. The molecule has 0 radical (unpaired) electrons. The van der Waals surface area contributed by atoms with Crippen molar-refractivity contribution in [2.24, 2.45) is 5.11 Å². The van der Waals surface area contributed by atoms with Crippen molar-refractivity contribution < 1.29 is 19.2 Å². The van der Waals surface area contributed by atoms with Gasteiger partial charge in [0.15, 0.2) is 0 Å². The Morgan fingerprint density at radius 2 is 1.81 bits per heavy atom. The van der Waals surface area contributed by atoms with Crippen molar-refractivity contribution in [2.45, 2.75) is 38.9 Å². The van der Waals surface area contributed by atoms with E-state index in [1.165, 1.54) is 12.1 Å². The van der Waals surface area contributed by atoms with Gasteiger partial charge < -0.3 is 14.4 Å². The summed E-state index contributed by atoms with van der Waals surface area (Å²) in [5.41, 5.74) is 8.19. The van der Waals surface area contributed by atoms with Crippen LogP contribution in [0.2, 0.25) is 0 Å². The molecule has 2 rings (SSSR count). The van der Waals surface area contributed by atoms with E-state index in [9.17, 15) is 4.79 Å². The first kappa shape index (κ1) is 15.4. The van der Waals surface area contributed by atoms with Crippen molar-refractivity contribution in [3.05, 3.63) is 34.2 Å². The predicted molar refractivity (Wildman–Crippen MR) is 77.9 cm³/mol. The SMILES string of the molecule is CC1(C)OB(c2cc(N=[N+]=[N-])cc(C(=O)O)c2)OC1(C)C. The molecule has 1 aliphatic heterocycles. The largest absolute Gasteiger partial charge is 0.494 e. The van der Waals surface area contributed by atoms with Crippen LogP contribution in [0.3, 0.4) is 0 Å². The van der Waals surface area contributed by atoms with E-state index in [0.29, 0.717) is 5.46 Å². The van der Waals surface area contributed by atoms with Gasteiger partial charge in [-0.3, -0.25) is 0 Å². The lowest BCUT2D eigenvalue weighted by atomic mass is 9.78. The zero-order valence-electron chi connectivity index (χ0n) is 12.3. The van der Waals surface area contributed by atoms with Crippen LogP contribution >= 0.6 is 0 Å². The highest BCUT2D eigenvalue weighted by molar-refractivity contribution is 6.62. The van der Waals surface area contributed by atoms with Crippen molar-refractivity contribution in [2.75, 3.05) is 0 Å². The van der Waals surface area contributed by atoms with Crippen LogP contribution in [0.5, 0.6) is 0 Å². The number of carbonyl (C=O) groups is 1. The summed E-state index contributed by atoms with van der Waals surface area (Å²) in [5.74, 6) is -1.11. The molecule has 1 N–H and O–H groups in total. The second-order valence-corrected chi connectivity index (χ2v) is 5.90. The fourth-order valence-corrected chi connectivity index (χ4v) is 1.98. The molecule has 1 heterocycles. The summed E-state index contributed by atoms with van der Waals surface area (Å²) in [6.07, 6.45) is 0. The number of nitrogens with zero attached hydrogens (tertiary/aromatic N) is 3. The molecule has 0 spiro atoms. The number of carboxylic acids is 1. The Labute approximate surface area is 122 Å². The fourth-order valence-electron chi connectivity index (χ4n) is 1.98. The quantitative estimate of drug-likeness (QED) is 0.399. The van der Waals surface area contributed by atoms with Crippen LogP contribution in [0.25, 0.3) is 10.4 Å². The van der Waals surface area contributed by atoms with Gasteiger partial charge in [0.2, 0.25) is 0 Å². The van der Waals surface area contributed by atoms with Crippen LogP contribution in [-0.4, -0.2) is 29.4 Å². The summed E-state index contributed by atoms with van der Waals surface area (Å²) in [6, 6.07) is 4.33. The summed E-state index contributed by atoms with van der Waals surface area (Å²) in [6.45, 7) is 7.62. The summed E-state index contributed by atoms with van der Waals surface area (Å²) in [7, 11) is -0.707. The molecule has 0 aromatic heterocycles. The van der Waals surface area contributed by atoms with Crippen molar-refractivity contribution >= 4 is 24.2 Å². The number of carboxylic acid groups (broad SMARTS) is 1. The maximum absolute atomic E-state index is 11.2. The Morgan fingerprint density at radius 3 is 2.29 bits per heavy atom. The van der Waals surface area contributed by atoms with Crippen LogP contribution in [0.15, 0.2) is 23.3 Å². The first-order valence-electron chi connectivity index (χ1n) is 6.45. The minimum atomic E-state index is -1.11. The molecule has 1 aromatic rings. The minimum Gasteiger partial charge on any atom is -0.478 e. The van der Waals surface area contributed by atoms with Crippen molar-refractivity contribution in [3.8, 4) is 0 Å². The monoisotopic (exact) mass is 289 g/mol. The summed E-state index contributed by atoms with van der Waals surface area (Å²) < 4.78 is 11.7. The molecule has 1 saturated heterocycles. The summed E-state index contributed by atoms with van der Waals surface area (Å²) in [5, 5.41) is 12.6. The number of aromatic carboxylic acids is 1. The van der Waals surface area contributed by atoms with E-state index in [2.05, 4.69) is 10.0 Å². The third-order valence-corrected chi connectivity index (χ3v) is 3.87. The molecule has 8 heteroatoms. The molecular weight excluding hydrogens is 273 g/mol. The molecule has 7 nitrogen and oxygen atoms in total. The number of hydrogen-bond acceptors (Lipinski definition) is 4. The van der Waals surface area contributed by atoms with Crippen molar-refractivity contribution in [1.82, 2.24) is 0 Å². The van der Waals surface area contributed by atoms with E-state index in [4.69, 9.17) is 19.9 Å². The zero-order chi connectivity index (χ0) is 15.8. The number of benzene rings is 1. The Balaban J connectivity index is 2.45. The van der Waals surface area contributed by atoms with Gasteiger partial charge in [0.25, 0.3) is 0 Å². The highest BCUT2D eigenvalue weighted by Crippen LogP contribution is 2.36. The Morgan fingerprint density at radius 1 is 1.24 bits per heavy atom. The van der Waals surface area contributed by atoms with Gasteiger partial charge in [0, 0.05) is 10.6 Å². The summed E-state index contributed by atoms with van der Waals surface area (Å²) in [4.78, 5) is 13.8. The second kappa shape index (κ2) is 5.07. The molecule has 1 fully saturated rings. The van der Waals surface area contributed by atoms with E-state index in [0.717, 1.165) is 0 Å². The third kappa shape index (κ3) is 2.87. The maximum Gasteiger partial charge on any atom is 0.494 e. The molecule has 0 bridgehead atoms. The van der Waals surface area contributed by atoms with Gasteiger partial charge in [-0.1, -0.05) is 11.2 Å². The molecule has 0 unspecified atom stereocenters. The number of hydrogen-bond donors (Lipinski definition) is 1. The van der Waals surface area contributed by atoms with Gasteiger partial charge in [-0.15, -0.1) is 0 Å². The molecule has 110 valence electrons.